The first kappa shape index (κ1) is 17.9. The molecular weight excluding hydrogens is 371 g/mol. The zero-order valence-corrected chi connectivity index (χ0v) is 16.3. The van der Waals surface area contributed by atoms with Gasteiger partial charge in [0.1, 0.15) is 5.58 Å². The second-order valence-corrected chi connectivity index (χ2v) is 7.66. The fourth-order valence-electron chi connectivity index (χ4n) is 3.99. The van der Waals surface area contributed by atoms with Gasteiger partial charge in [-0.15, -0.1) is 0 Å². The molecule has 0 amide bonds. The van der Waals surface area contributed by atoms with E-state index in [-0.39, 0.29) is 5.65 Å². The highest BCUT2D eigenvalue weighted by molar-refractivity contribution is 5.84. The van der Waals surface area contributed by atoms with Crippen molar-refractivity contribution in [3.05, 3.63) is 64.7 Å². The number of halogens is 1. The maximum Gasteiger partial charge on any atom is 0.344 e. The van der Waals surface area contributed by atoms with Crippen molar-refractivity contribution in [2.24, 2.45) is 0 Å². The summed E-state index contributed by atoms with van der Waals surface area (Å²) in [5.74, 6) is -0.474. The number of pyridine rings is 1. The van der Waals surface area contributed by atoms with Crippen molar-refractivity contribution in [3.63, 3.8) is 0 Å². The molecule has 0 radical (unpaired) electrons. The Labute approximate surface area is 166 Å². The third-order valence-electron chi connectivity index (χ3n) is 5.39. The van der Waals surface area contributed by atoms with Gasteiger partial charge in [-0.05, 0) is 38.1 Å². The van der Waals surface area contributed by atoms with E-state index in [0.29, 0.717) is 28.4 Å². The van der Waals surface area contributed by atoms with Gasteiger partial charge in [-0.25, -0.2) is 14.2 Å². The fourth-order valence-corrected chi connectivity index (χ4v) is 3.99. The SMILES string of the molecule is Cc1cn2cc(-c3cc4ccc(N5CCN[C@@H](C)C5)cc4oc3=O)cc(F)c2n1. The summed E-state index contributed by atoms with van der Waals surface area (Å²) in [7, 11) is 0. The van der Waals surface area contributed by atoms with E-state index in [0.717, 1.165) is 30.7 Å². The van der Waals surface area contributed by atoms with Crippen LogP contribution in [0.25, 0.3) is 27.7 Å². The second-order valence-electron chi connectivity index (χ2n) is 7.66. The molecule has 0 saturated carbocycles. The molecule has 1 saturated heterocycles. The van der Waals surface area contributed by atoms with Crippen LogP contribution in [-0.2, 0) is 0 Å². The van der Waals surface area contributed by atoms with Crippen LogP contribution in [0.4, 0.5) is 10.1 Å². The van der Waals surface area contributed by atoms with Gasteiger partial charge < -0.3 is 19.0 Å². The van der Waals surface area contributed by atoms with Crippen molar-refractivity contribution < 1.29 is 8.81 Å². The van der Waals surface area contributed by atoms with E-state index in [1.54, 1.807) is 29.8 Å². The Morgan fingerprint density at radius 1 is 1.24 bits per heavy atom. The zero-order valence-electron chi connectivity index (χ0n) is 16.3. The van der Waals surface area contributed by atoms with Gasteiger partial charge in [0, 0.05) is 60.8 Å². The highest BCUT2D eigenvalue weighted by Crippen LogP contribution is 2.27. The number of aryl methyl sites for hydroxylation is 1. The lowest BCUT2D eigenvalue weighted by Gasteiger charge is -2.33. The number of fused-ring (bicyclic) bond motifs is 2. The molecule has 1 fully saturated rings. The first-order chi connectivity index (χ1) is 14.0. The molecule has 0 aliphatic carbocycles. The molecule has 4 aromatic rings. The van der Waals surface area contributed by atoms with Gasteiger partial charge >= 0.3 is 5.63 Å². The third kappa shape index (κ3) is 3.17. The molecule has 7 heteroatoms. The van der Waals surface area contributed by atoms with Crippen LogP contribution in [-0.4, -0.2) is 35.1 Å². The summed E-state index contributed by atoms with van der Waals surface area (Å²) < 4.78 is 21.7. The number of hydrogen-bond acceptors (Lipinski definition) is 5. The highest BCUT2D eigenvalue weighted by Gasteiger charge is 2.17. The Balaban J connectivity index is 1.58. The number of benzene rings is 1. The number of nitrogens with one attached hydrogen (secondary N) is 1. The number of rotatable bonds is 2. The van der Waals surface area contributed by atoms with Gasteiger partial charge in [-0.2, -0.15) is 0 Å². The van der Waals surface area contributed by atoms with Crippen LogP contribution in [0.15, 0.2) is 51.9 Å². The monoisotopic (exact) mass is 392 g/mol. The van der Waals surface area contributed by atoms with Gasteiger partial charge in [0.15, 0.2) is 11.5 Å². The van der Waals surface area contributed by atoms with Crippen LogP contribution in [0.1, 0.15) is 12.6 Å². The minimum atomic E-state index is -0.487. The summed E-state index contributed by atoms with van der Waals surface area (Å²) in [5.41, 5.74) is 2.81. The molecule has 1 N–H and O–H groups in total. The summed E-state index contributed by atoms with van der Waals surface area (Å²) in [5, 5.41) is 4.22. The predicted molar refractivity (Wildman–Crippen MR) is 111 cm³/mol. The summed E-state index contributed by atoms with van der Waals surface area (Å²) in [6.07, 6.45) is 3.43. The molecule has 4 heterocycles. The van der Waals surface area contributed by atoms with Crippen LogP contribution in [0.3, 0.4) is 0 Å². The molecule has 1 aliphatic rings. The van der Waals surface area contributed by atoms with E-state index in [4.69, 9.17) is 4.42 Å². The Kier molecular flexibility index (Phi) is 4.13. The number of nitrogens with zero attached hydrogens (tertiary/aromatic N) is 3. The van der Waals surface area contributed by atoms with Crippen molar-refractivity contribution in [3.8, 4) is 11.1 Å². The molecule has 0 bridgehead atoms. The van der Waals surface area contributed by atoms with Crippen molar-refractivity contribution in [2.45, 2.75) is 19.9 Å². The molecule has 0 spiro atoms. The topological polar surface area (TPSA) is 62.8 Å². The molecule has 1 aliphatic heterocycles. The molecule has 0 unspecified atom stereocenters. The highest BCUT2D eigenvalue weighted by atomic mass is 19.1. The van der Waals surface area contributed by atoms with Crippen LogP contribution < -0.4 is 15.8 Å². The Morgan fingerprint density at radius 3 is 2.93 bits per heavy atom. The smallest absolute Gasteiger partial charge is 0.344 e. The fraction of sp³-hybridized carbons (Fsp3) is 0.273. The zero-order chi connectivity index (χ0) is 20.1. The molecule has 1 atom stereocenters. The number of hydrogen-bond donors (Lipinski definition) is 1. The van der Waals surface area contributed by atoms with Crippen molar-refractivity contribution in [2.75, 3.05) is 24.5 Å². The van der Waals surface area contributed by atoms with Crippen LogP contribution >= 0.6 is 0 Å². The number of aromatic nitrogens is 2. The molecule has 29 heavy (non-hydrogen) atoms. The van der Waals surface area contributed by atoms with Crippen LogP contribution in [0.5, 0.6) is 0 Å². The Bertz CT molecular complexity index is 1290. The van der Waals surface area contributed by atoms with E-state index < -0.39 is 11.4 Å². The van der Waals surface area contributed by atoms with E-state index in [1.807, 2.05) is 18.2 Å². The molecule has 148 valence electrons. The van der Waals surface area contributed by atoms with Gasteiger partial charge in [-0.1, -0.05) is 0 Å². The molecule has 5 rings (SSSR count). The Hall–Kier alpha value is -3.19. The second kappa shape index (κ2) is 6.70. The average molecular weight is 392 g/mol. The van der Waals surface area contributed by atoms with Gasteiger partial charge in [0.25, 0.3) is 0 Å². The van der Waals surface area contributed by atoms with Crippen molar-refractivity contribution in [1.82, 2.24) is 14.7 Å². The van der Waals surface area contributed by atoms with Crippen LogP contribution in [0, 0.1) is 12.7 Å². The summed E-state index contributed by atoms with van der Waals surface area (Å²) in [6, 6.07) is 9.38. The standard InChI is InChI=1S/C22H21FN4O2/c1-13-10-26(6-5-24-13)17-4-3-15-7-18(22(28)29-20(15)9-17)16-8-19(23)21-25-14(2)11-27(21)12-16/h3-4,7-9,11-13,24H,5-6,10H2,1-2H3/t13-/m0/s1. The maximum absolute atomic E-state index is 14.5. The summed E-state index contributed by atoms with van der Waals surface area (Å²) in [4.78, 5) is 19.1. The van der Waals surface area contributed by atoms with E-state index in [9.17, 15) is 9.18 Å². The van der Waals surface area contributed by atoms with Gasteiger partial charge in [0.05, 0.1) is 11.3 Å². The van der Waals surface area contributed by atoms with Crippen molar-refractivity contribution >= 4 is 22.3 Å². The number of imidazole rings is 1. The maximum atomic E-state index is 14.5. The minimum absolute atomic E-state index is 0.242. The van der Waals surface area contributed by atoms with E-state index in [1.165, 1.54) is 6.07 Å². The number of piperazine rings is 1. The first-order valence-electron chi connectivity index (χ1n) is 9.69. The number of anilines is 1. The minimum Gasteiger partial charge on any atom is -0.422 e. The Morgan fingerprint density at radius 2 is 2.10 bits per heavy atom. The molecule has 1 aromatic carbocycles. The third-order valence-corrected chi connectivity index (χ3v) is 5.39. The lowest BCUT2D eigenvalue weighted by molar-refractivity contribution is 0.484. The van der Waals surface area contributed by atoms with Gasteiger partial charge in [0.2, 0.25) is 0 Å². The van der Waals surface area contributed by atoms with Gasteiger partial charge in [-0.3, -0.25) is 0 Å². The largest absolute Gasteiger partial charge is 0.422 e. The quantitative estimate of drug-likeness (QED) is 0.530. The summed E-state index contributed by atoms with van der Waals surface area (Å²) in [6.45, 7) is 6.67. The van der Waals surface area contributed by atoms with Crippen LogP contribution in [0.2, 0.25) is 0 Å². The summed E-state index contributed by atoms with van der Waals surface area (Å²) >= 11 is 0. The molecule has 6 nitrogen and oxygen atoms in total. The predicted octanol–water partition coefficient (Wildman–Crippen LogP) is 3.35. The average Bonchev–Trinajstić information content (AvgIpc) is 3.08. The molecule has 3 aromatic heterocycles. The lowest BCUT2D eigenvalue weighted by Crippen LogP contribution is -2.49. The lowest BCUT2D eigenvalue weighted by atomic mass is 10.1. The normalized spacial score (nSPS) is 17.3. The van der Waals surface area contributed by atoms with E-state index >= 15 is 0 Å². The first-order valence-corrected chi connectivity index (χ1v) is 9.69. The van der Waals surface area contributed by atoms with E-state index in [2.05, 4.69) is 22.1 Å². The molecular formula is C22H21FN4O2. The van der Waals surface area contributed by atoms with Crippen molar-refractivity contribution in [1.29, 1.82) is 0 Å².